The van der Waals surface area contributed by atoms with Gasteiger partial charge in [-0.25, -0.2) is 26.3 Å². The van der Waals surface area contributed by atoms with E-state index in [1.807, 2.05) is 0 Å². The lowest BCUT2D eigenvalue weighted by molar-refractivity contribution is -0.342. The van der Waals surface area contributed by atoms with Gasteiger partial charge in [0.1, 0.15) is 34.5 Å². The standard InChI is InChI=1S/C25H14F24O9S3/c26-14(27)20(38,39)23(44,45)17(32,33)6-56-59(50,51)11-5-9-3-1-2-4-10(9)12(60(52,53)57-7-18(34,35)24(46,47)21(40,41)15(28)29)13(11)61(54,55)58-8-19(36,37)25(48,49)22(42,43)16(30)31/h1-5,14-16H,6-8H2. The highest BCUT2D eigenvalue weighted by molar-refractivity contribution is 7.91. The summed E-state index contributed by atoms with van der Waals surface area (Å²) in [5.41, 5.74) is 0. The van der Waals surface area contributed by atoms with Gasteiger partial charge in [0.15, 0.2) is 0 Å². The monoisotopic (exact) mass is 1010 g/mol. The number of benzene rings is 2. The van der Waals surface area contributed by atoms with Crippen molar-refractivity contribution in [2.45, 2.75) is 87.3 Å². The highest BCUT2D eigenvalue weighted by Crippen LogP contribution is 2.52. The predicted molar refractivity (Wildman–Crippen MR) is 146 cm³/mol. The van der Waals surface area contributed by atoms with E-state index in [2.05, 4.69) is 12.5 Å². The van der Waals surface area contributed by atoms with Gasteiger partial charge >= 0.3 is 72.6 Å². The quantitative estimate of drug-likeness (QED) is 0.0894. The van der Waals surface area contributed by atoms with Crippen molar-refractivity contribution in [1.29, 1.82) is 0 Å². The zero-order chi connectivity index (χ0) is 48.4. The van der Waals surface area contributed by atoms with Crippen molar-refractivity contribution in [3.8, 4) is 0 Å². The molecule has 0 atom stereocenters. The van der Waals surface area contributed by atoms with E-state index in [0.29, 0.717) is 12.1 Å². The number of alkyl halides is 24. The Morgan fingerprint density at radius 3 is 1.02 bits per heavy atom. The van der Waals surface area contributed by atoms with E-state index in [9.17, 15) is 131 Å². The Kier molecular flexibility index (Phi) is 14.5. The van der Waals surface area contributed by atoms with Crippen LogP contribution in [0.5, 0.6) is 0 Å². The summed E-state index contributed by atoms with van der Waals surface area (Å²) in [4.78, 5) is -9.31. The summed E-state index contributed by atoms with van der Waals surface area (Å²) in [5.74, 6) is -64.6. The van der Waals surface area contributed by atoms with Gasteiger partial charge < -0.3 is 0 Å². The predicted octanol–water partition coefficient (Wildman–Crippen LogP) is 8.47. The lowest BCUT2D eigenvalue weighted by Gasteiger charge is -2.32. The number of hydrogen-bond donors (Lipinski definition) is 0. The fourth-order valence-electron chi connectivity index (χ4n) is 3.99. The first-order chi connectivity index (χ1) is 26.8. The van der Waals surface area contributed by atoms with Crippen LogP contribution in [0.2, 0.25) is 0 Å². The van der Waals surface area contributed by atoms with Crippen LogP contribution in [-0.4, -0.2) is 118 Å². The van der Waals surface area contributed by atoms with Gasteiger partial charge in [0.2, 0.25) is 0 Å². The van der Waals surface area contributed by atoms with Crippen LogP contribution in [0.1, 0.15) is 0 Å². The highest BCUT2D eigenvalue weighted by Gasteiger charge is 2.78. The molecule has 0 fully saturated rings. The molecule has 0 saturated carbocycles. The largest absolute Gasteiger partial charge is 0.380 e. The molecule has 0 aromatic heterocycles. The summed E-state index contributed by atoms with van der Waals surface area (Å²) in [6.07, 6.45) is -17.2. The van der Waals surface area contributed by atoms with Crippen LogP contribution in [0, 0.1) is 0 Å². The molecule has 0 aliphatic rings. The zero-order valence-corrected chi connectivity index (χ0v) is 30.2. The van der Waals surface area contributed by atoms with Crippen molar-refractivity contribution < 1.29 is 143 Å². The minimum atomic E-state index is -7.55. The Morgan fingerprint density at radius 2 is 0.705 bits per heavy atom. The van der Waals surface area contributed by atoms with Crippen molar-refractivity contribution in [3.05, 3.63) is 30.3 Å². The topological polar surface area (TPSA) is 130 Å². The Morgan fingerprint density at radius 1 is 0.426 bits per heavy atom. The molecule has 0 spiro atoms. The molecule has 0 aliphatic carbocycles. The van der Waals surface area contributed by atoms with E-state index in [1.54, 1.807) is 0 Å². The van der Waals surface area contributed by atoms with E-state index >= 15 is 0 Å². The fourth-order valence-corrected chi connectivity index (χ4v) is 8.59. The van der Waals surface area contributed by atoms with Crippen molar-refractivity contribution in [2.24, 2.45) is 0 Å². The van der Waals surface area contributed by atoms with Crippen LogP contribution in [0.3, 0.4) is 0 Å². The molecule has 0 heterocycles. The van der Waals surface area contributed by atoms with Crippen LogP contribution in [0.4, 0.5) is 105 Å². The second kappa shape index (κ2) is 16.4. The molecule has 9 nitrogen and oxygen atoms in total. The van der Waals surface area contributed by atoms with Crippen LogP contribution in [0.15, 0.2) is 45.0 Å². The van der Waals surface area contributed by atoms with Crippen molar-refractivity contribution >= 4 is 41.1 Å². The second-order valence-electron chi connectivity index (χ2n) is 11.5. The van der Waals surface area contributed by atoms with Gasteiger partial charge in [-0.1, -0.05) is 24.3 Å². The number of hydrogen-bond acceptors (Lipinski definition) is 9. The molecule has 0 aliphatic heterocycles. The second-order valence-corrected chi connectivity index (χ2v) is 16.2. The lowest BCUT2D eigenvalue weighted by Crippen LogP contribution is -2.59. The average Bonchev–Trinajstić information content (AvgIpc) is 3.11. The molecular weight excluding hydrogens is 996 g/mol. The van der Waals surface area contributed by atoms with Gasteiger partial charge in [-0.15, -0.1) is 0 Å². The molecule has 0 bridgehead atoms. The maximum atomic E-state index is 14.3. The Labute approximate surface area is 321 Å². The minimum Gasteiger partial charge on any atom is -0.260 e. The first-order valence-corrected chi connectivity index (χ1v) is 18.5. The van der Waals surface area contributed by atoms with Crippen molar-refractivity contribution in [1.82, 2.24) is 0 Å². The molecule has 2 rings (SSSR count). The van der Waals surface area contributed by atoms with Crippen LogP contribution >= 0.6 is 0 Å². The van der Waals surface area contributed by atoms with E-state index in [-0.39, 0.29) is 12.1 Å². The van der Waals surface area contributed by atoms with E-state index < -0.39 is 154 Å². The third-order valence-electron chi connectivity index (χ3n) is 7.33. The molecule has 36 heteroatoms. The van der Waals surface area contributed by atoms with Gasteiger partial charge in [-0.3, -0.25) is 12.5 Å². The normalized spacial score (nSPS) is 15.5. The van der Waals surface area contributed by atoms with Gasteiger partial charge in [-0.05, 0) is 11.5 Å². The van der Waals surface area contributed by atoms with E-state index in [0.717, 1.165) is 0 Å². The molecule has 2 aromatic carbocycles. The Balaban J connectivity index is 3.07. The smallest absolute Gasteiger partial charge is 0.260 e. The summed E-state index contributed by atoms with van der Waals surface area (Å²) in [6, 6.07) is 0.807. The van der Waals surface area contributed by atoms with Crippen LogP contribution in [-0.2, 0) is 42.9 Å². The van der Waals surface area contributed by atoms with Crippen LogP contribution < -0.4 is 0 Å². The number of halogens is 24. The van der Waals surface area contributed by atoms with Gasteiger partial charge in [0.25, 0.3) is 30.4 Å². The Hall–Kier alpha value is -3.25. The van der Waals surface area contributed by atoms with Crippen LogP contribution in [0.25, 0.3) is 10.8 Å². The van der Waals surface area contributed by atoms with Gasteiger partial charge in [-0.2, -0.15) is 104 Å². The van der Waals surface area contributed by atoms with E-state index in [4.69, 9.17) is 0 Å². The lowest BCUT2D eigenvalue weighted by atomic mass is 10.1. The van der Waals surface area contributed by atoms with Crippen molar-refractivity contribution in [2.75, 3.05) is 19.8 Å². The molecule has 0 amide bonds. The molecule has 0 unspecified atom stereocenters. The summed E-state index contributed by atoms with van der Waals surface area (Å²) in [6.45, 7) is -11.8. The minimum absolute atomic E-state index is 0.0760. The molecule has 0 radical (unpaired) electrons. The van der Waals surface area contributed by atoms with Gasteiger partial charge in [0, 0.05) is 5.39 Å². The SMILES string of the molecule is O=S(=O)(OCC(F)(F)C(F)(F)C(F)(F)C(F)F)c1cc2ccccc2c(S(=O)(=O)OCC(F)(F)C(F)(F)C(F)(F)C(F)F)c1S(=O)(=O)OCC(F)(F)C(F)(F)C(F)(F)C(F)F. The zero-order valence-electron chi connectivity index (χ0n) is 27.7. The number of rotatable bonds is 21. The third kappa shape index (κ3) is 9.37. The molecule has 61 heavy (non-hydrogen) atoms. The fraction of sp³-hybridized carbons (Fsp3) is 0.600. The molecule has 2 aromatic rings. The maximum absolute atomic E-state index is 14.3. The summed E-state index contributed by atoms with van der Waals surface area (Å²) < 4.78 is 413. The average molecular weight is 1010 g/mol. The first-order valence-electron chi connectivity index (χ1n) is 14.3. The highest BCUT2D eigenvalue weighted by atomic mass is 32.2. The summed E-state index contributed by atoms with van der Waals surface area (Å²) >= 11 is 0. The molecular formula is C25H14F24O9S3. The Bertz CT molecular complexity index is 2270. The third-order valence-corrected chi connectivity index (χ3v) is 11.6. The maximum Gasteiger partial charge on any atom is 0.380 e. The molecule has 354 valence electrons. The summed E-state index contributed by atoms with van der Waals surface area (Å²) in [5, 5.41) is -3.12. The van der Waals surface area contributed by atoms with Crippen molar-refractivity contribution in [3.63, 3.8) is 0 Å². The molecule has 0 saturated heterocycles. The van der Waals surface area contributed by atoms with E-state index in [1.165, 1.54) is 0 Å². The molecule has 0 N–H and O–H groups in total. The first kappa shape index (κ1) is 53.9. The summed E-state index contributed by atoms with van der Waals surface area (Å²) in [7, 11) is -22.1. The number of fused-ring (bicyclic) bond motifs is 1. The van der Waals surface area contributed by atoms with Gasteiger partial charge in [0.05, 0.1) is 0 Å².